The van der Waals surface area contributed by atoms with Crippen LogP contribution < -0.4 is 28.4 Å². The zero-order chi connectivity index (χ0) is 42.7. The van der Waals surface area contributed by atoms with E-state index < -0.39 is 23.9 Å². The maximum absolute atomic E-state index is 13.0. The van der Waals surface area contributed by atoms with Gasteiger partial charge in [0.2, 0.25) is 0 Å². The van der Waals surface area contributed by atoms with Crippen LogP contribution in [0.3, 0.4) is 0 Å². The van der Waals surface area contributed by atoms with Gasteiger partial charge in [0.05, 0.1) is 35.5 Å². The molecular formula is C50H54O10. The molecule has 314 valence electrons. The molecule has 0 aromatic heterocycles. The summed E-state index contributed by atoms with van der Waals surface area (Å²) in [5, 5.41) is 0. The summed E-state index contributed by atoms with van der Waals surface area (Å²) in [7, 11) is 0. The maximum atomic E-state index is 13.0. The van der Waals surface area contributed by atoms with Crippen LogP contribution in [0, 0.1) is 11.8 Å². The summed E-state index contributed by atoms with van der Waals surface area (Å²) in [5.74, 6) is 1.19. The monoisotopic (exact) mass is 814 g/mol. The van der Waals surface area contributed by atoms with Crippen molar-refractivity contribution in [2.45, 2.75) is 79.1 Å². The lowest BCUT2D eigenvalue weighted by molar-refractivity contribution is 0.0712. The van der Waals surface area contributed by atoms with E-state index >= 15 is 0 Å². The van der Waals surface area contributed by atoms with E-state index in [4.69, 9.17) is 28.4 Å². The van der Waals surface area contributed by atoms with Gasteiger partial charge in [-0.05, 0) is 140 Å². The molecule has 0 aliphatic rings. The Balaban J connectivity index is 1.05. The second-order valence-corrected chi connectivity index (χ2v) is 15.1. The molecule has 0 fully saturated rings. The standard InChI is InChI=1S/C50H54O10/c1-5-6-7-8-32-55-41-21-15-37(16-22-41)47(51)57-43-23-19-39(20-24-43)49(53)60-46-14-10-13-40(34-46)50(54)59-44-25-17-38(18-26-44)48(52)58-45-29-27-42(28-30-45)56-33-31-36(4)12-9-11-35(2)3/h10,13-30,34-36H,5-9,11-12,31-33H2,1-4H3/t36-/m0/s1. The van der Waals surface area contributed by atoms with Crippen molar-refractivity contribution in [3.05, 3.63) is 144 Å². The molecule has 1 atom stereocenters. The molecule has 0 aliphatic carbocycles. The Morgan fingerprint density at radius 2 is 0.850 bits per heavy atom. The van der Waals surface area contributed by atoms with Gasteiger partial charge in [-0.15, -0.1) is 0 Å². The van der Waals surface area contributed by atoms with Crippen LogP contribution in [0.2, 0.25) is 0 Å². The van der Waals surface area contributed by atoms with Crippen molar-refractivity contribution in [2.75, 3.05) is 13.2 Å². The summed E-state index contributed by atoms with van der Waals surface area (Å²) in [6, 6.07) is 31.6. The lowest BCUT2D eigenvalue weighted by Gasteiger charge is -2.13. The Morgan fingerprint density at radius 3 is 1.35 bits per heavy atom. The fourth-order valence-corrected chi connectivity index (χ4v) is 6.08. The minimum atomic E-state index is -0.693. The Morgan fingerprint density at radius 1 is 0.417 bits per heavy atom. The van der Waals surface area contributed by atoms with E-state index in [2.05, 4.69) is 27.7 Å². The number of benzene rings is 5. The highest BCUT2D eigenvalue weighted by molar-refractivity contribution is 5.94. The molecule has 0 saturated carbocycles. The van der Waals surface area contributed by atoms with Gasteiger partial charge in [-0.25, -0.2) is 19.2 Å². The molecule has 0 unspecified atom stereocenters. The van der Waals surface area contributed by atoms with Crippen LogP contribution in [-0.2, 0) is 0 Å². The Kier molecular flexibility index (Phi) is 17.3. The lowest BCUT2D eigenvalue weighted by atomic mass is 9.98. The van der Waals surface area contributed by atoms with E-state index in [0.29, 0.717) is 41.9 Å². The Bertz CT molecular complexity index is 2120. The molecule has 5 aromatic rings. The van der Waals surface area contributed by atoms with Gasteiger partial charge >= 0.3 is 23.9 Å². The minimum absolute atomic E-state index is 0.123. The van der Waals surface area contributed by atoms with Gasteiger partial charge in [0.15, 0.2) is 0 Å². The predicted molar refractivity (Wildman–Crippen MR) is 230 cm³/mol. The predicted octanol–water partition coefficient (Wildman–Crippen LogP) is 11.8. The molecule has 5 aromatic carbocycles. The molecule has 0 amide bonds. The number of unbranched alkanes of at least 4 members (excludes halogenated alkanes) is 3. The molecule has 10 heteroatoms. The number of ether oxygens (including phenoxy) is 6. The summed E-state index contributed by atoms with van der Waals surface area (Å²) in [6.45, 7) is 10.2. The fraction of sp³-hybridized carbons (Fsp3) is 0.320. The third kappa shape index (κ3) is 14.8. The Labute approximate surface area is 352 Å². The van der Waals surface area contributed by atoms with Gasteiger partial charge in [0.1, 0.15) is 34.5 Å². The highest BCUT2D eigenvalue weighted by atomic mass is 16.5. The van der Waals surface area contributed by atoms with E-state index in [1.165, 1.54) is 92.4 Å². The molecule has 0 radical (unpaired) electrons. The quantitative estimate of drug-likeness (QED) is 0.0379. The summed E-state index contributed by atoms with van der Waals surface area (Å²) in [5.41, 5.74) is 0.974. The lowest BCUT2D eigenvalue weighted by Crippen LogP contribution is -2.12. The fourth-order valence-electron chi connectivity index (χ4n) is 6.08. The maximum Gasteiger partial charge on any atom is 0.343 e. The van der Waals surface area contributed by atoms with Crippen LogP contribution >= 0.6 is 0 Å². The van der Waals surface area contributed by atoms with Crippen LogP contribution in [-0.4, -0.2) is 37.1 Å². The van der Waals surface area contributed by atoms with Crippen molar-refractivity contribution in [2.24, 2.45) is 11.8 Å². The zero-order valence-electron chi connectivity index (χ0n) is 34.9. The highest BCUT2D eigenvalue weighted by Gasteiger charge is 2.16. The third-order valence-corrected chi connectivity index (χ3v) is 9.63. The number of hydrogen-bond acceptors (Lipinski definition) is 10. The molecule has 0 heterocycles. The van der Waals surface area contributed by atoms with Gasteiger partial charge in [0.25, 0.3) is 0 Å². The van der Waals surface area contributed by atoms with Crippen molar-refractivity contribution in [1.29, 1.82) is 0 Å². The van der Waals surface area contributed by atoms with Crippen LogP contribution in [0.25, 0.3) is 0 Å². The van der Waals surface area contributed by atoms with E-state index in [-0.39, 0.29) is 33.9 Å². The number of hydrogen-bond donors (Lipinski definition) is 0. The molecular weight excluding hydrogens is 761 g/mol. The van der Waals surface area contributed by atoms with Gasteiger partial charge < -0.3 is 28.4 Å². The van der Waals surface area contributed by atoms with Crippen LogP contribution in [0.5, 0.6) is 34.5 Å². The smallest absolute Gasteiger partial charge is 0.343 e. The molecule has 10 nitrogen and oxygen atoms in total. The van der Waals surface area contributed by atoms with E-state index in [0.717, 1.165) is 31.6 Å². The summed E-state index contributed by atoms with van der Waals surface area (Å²) < 4.78 is 33.6. The topological polar surface area (TPSA) is 124 Å². The molecule has 0 bridgehead atoms. The number of rotatable bonds is 22. The molecule has 60 heavy (non-hydrogen) atoms. The first-order valence-electron chi connectivity index (χ1n) is 20.7. The first-order valence-corrected chi connectivity index (χ1v) is 20.7. The van der Waals surface area contributed by atoms with Gasteiger partial charge in [-0.2, -0.15) is 0 Å². The number of esters is 4. The van der Waals surface area contributed by atoms with E-state index in [1.807, 2.05) is 0 Å². The normalized spacial score (nSPS) is 11.3. The second-order valence-electron chi connectivity index (χ2n) is 15.1. The van der Waals surface area contributed by atoms with Gasteiger partial charge in [-0.1, -0.05) is 72.3 Å². The largest absolute Gasteiger partial charge is 0.494 e. The van der Waals surface area contributed by atoms with Crippen molar-refractivity contribution in [3.63, 3.8) is 0 Å². The van der Waals surface area contributed by atoms with E-state index in [1.54, 1.807) is 54.6 Å². The van der Waals surface area contributed by atoms with Gasteiger partial charge in [0, 0.05) is 0 Å². The summed E-state index contributed by atoms with van der Waals surface area (Å²) >= 11 is 0. The molecule has 0 spiro atoms. The molecule has 0 N–H and O–H groups in total. The van der Waals surface area contributed by atoms with Gasteiger partial charge in [-0.3, -0.25) is 0 Å². The zero-order valence-corrected chi connectivity index (χ0v) is 34.9. The molecule has 0 aliphatic heterocycles. The third-order valence-electron chi connectivity index (χ3n) is 9.63. The minimum Gasteiger partial charge on any atom is -0.494 e. The first kappa shape index (κ1) is 44.7. The average molecular weight is 815 g/mol. The summed E-state index contributed by atoms with van der Waals surface area (Å²) in [6.07, 6.45) is 9.10. The van der Waals surface area contributed by atoms with Crippen molar-refractivity contribution < 1.29 is 47.6 Å². The number of carbonyl (C=O) groups excluding carboxylic acids is 4. The molecule has 5 rings (SSSR count). The van der Waals surface area contributed by atoms with Crippen molar-refractivity contribution >= 4 is 23.9 Å². The van der Waals surface area contributed by atoms with Crippen LogP contribution in [0.15, 0.2) is 121 Å². The molecule has 0 saturated heterocycles. The average Bonchev–Trinajstić information content (AvgIpc) is 3.25. The van der Waals surface area contributed by atoms with Crippen LogP contribution in [0.4, 0.5) is 0 Å². The van der Waals surface area contributed by atoms with Crippen molar-refractivity contribution in [3.8, 4) is 34.5 Å². The number of carbonyl (C=O) groups is 4. The Hall–Kier alpha value is -6.42. The SMILES string of the molecule is CCCCCCOc1ccc(C(=O)Oc2ccc(C(=O)Oc3cccc(C(=O)Oc4ccc(C(=O)Oc5ccc(OCC[C@@H](C)CCCC(C)C)cc5)cc4)c3)cc2)cc1. The highest BCUT2D eigenvalue weighted by Crippen LogP contribution is 2.24. The van der Waals surface area contributed by atoms with Crippen LogP contribution in [0.1, 0.15) is 120 Å². The van der Waals surface area contributed by atoms with E-state index in [9.17, 15) is 19.2 Å². The second kappa shape index (κ2) is 23.2. The van der Waals surface area contributed by atoms with Crippen molar-refractivity contribution in [1.82, 2.24) is 0 Å². The summed E-state index contributed by atoms with van der Waals surface area (Å²) in [4.78, 5) is 51.4. The first-order chi connectivity index (χ1) is 29.1.